The van der Waals surface area contributed by atoms with Crippen molar-refractivity contribution in [2.24, 2.45) is 0 Å². The Kier molecular flexibility index (Phi) is 5.84. The third-order valence-corrected chi connectivity index (χ3v) is 7.07. The van der Waals surface area contributed by atoms with Crippen LogP contribution in [0.15, 0.2) is 79.0 Å². The number of hydrogen-bond donors (Lipinski definition) is 1. The minimum Gasteiger partial charge on any atom is -0.495 e. The summed E-state index contributed by atoms with van der Waals surface area (Å²) in [5.41, 5.74) is 7.95. The summed E-state index contributed by atoms with van der Waals surface area (Å²) in [5.74, 6) is 0.785. The van der Waals surface area contributed by atoms with Crippen molar-refractivity contribution in [3.63, 3.8) is 0 Å². The van der Waals surface area contributed by atoms with Crippen molar-refractivity contribution in [2.75, 3.05) is 12.0 Å². The van der Waals surface area contributed by atoms with Crippen LogP contribution in [0.1, 0.15) is 40.3 Å². The number of ether oxygens (including phenoxy) is 1. The van der Waals surface area contributed by atoms with Crippen LogP contribution in [0.3, 0.4) is 0 Å². The average Bonchev–Trinajstić information content (AvgIpc) is 3.32. The molecule has 2 aromatic carbocycles. The van der Waals surface area contributed by atoms with Crippen LogP contribution in [-0.4, -0.2) is 21.8 Å². The summed E-state index contributed by atoms with van der Waals surface area (Å²) in [6.07, 6.45) is 1.84. The van der Waals surface area contributed by atoms with Crippen LogP contribution >= 0.6 is 12.2 Å². The first-order valence-electron chi connectivity index (χ1n) is 11.4. The van der Waals surface area contributed by atoms with Crippen LogP contribution in [0, 0.1) is 20.8 Å². The molecule has 1 aliphatic heterocycles. The topological polar surface area (TPSA) is 42.3 Å². The summed E-state index contributed by atoms with van der Waals surface area (Å²) in [7, 11) is 1.70. The molecule has 2 aromatic heterocycles. The normalized spacial score (nSPS) is 17.6. The number of pyridine rings is 1. The van der Waals surface area contributed by atoms with Gasteiger partial charge in [-0.05, 0) is 75.0 Å². The first kappa shape index (κ1) is 22.2. The van der Waals surface area contributed by atoms with Gasteiger partial charge >= 0.3 is 0 Å². The highest BCUT2D eigenvalue weighted by Crippen LogP contribution is 2.47. The summed E-state index contributed by atoms with van der Waals surface area (Å²) >= 11 is 5.93. The fraction of sp³-hybridized carbons (Fsp3) is 0.214. The van der Waals surface area contributed by atoms with Gasteiger partial charge < -0.3 is 19.5 Å². The molecular weight excluding hydrogens is 440 g/mol. The standard InChI is InChI=1S/C28H28N4OS/c1-18-19(2)31(21-12-6-5-7-13-21)20(3)25(18)27-26(22-14-10-11-17-29-22)30-28(34)32(27)23-15-8-9-16-24(23)33-4/h5-17,26-27H,1-4H3,(H,30,34)/t26-,27-/m1/s1. The predicted molar refractivity (Wildman–Crippen MR) is 141 cm³/mol. The molecule has 1 aliphatic rings. The summed E-state index contributed by atoms with van der Waals surface area (Å²) in [6.45, 7) is 6.58. The maximum atomic E-state index is 5.93. The minimum absolute atomic E-state index is 0.0950. The highest BCUT2D eigenvalue weighted by molar-refractivity contribution is 7.80. The van der Waals surface area contributed by atoms with Gasteiger partial charge in [-0.2, -0.15) is 0 Å². The van der Waals surface area contributed by atoms with Gasteiger partial charge in [-0.1, -0.05) is 36.4 Å². The quantitative estimate of drug-likeness (QED) is 0.365. The van der Waals surface area contributed by atoms with Gasteiger partial charge in [0.1, 0.15) is 5.75 Å². The summed E-state index contributed by atoms with van der Waals surface area (Å²) in [4.78, 5) is 6.89. The van der Waals surface area contributed by atoms with Crippen LogP contribution in [0.25, 0.3) is 5.69 Å². The van der Waals surface area contributed by atoms with Crippen molar-refractivity contribution in [1.82, 2.24) is 14.9 Å². The summed E-state index contributed by atoms with van der Waals surface area (Å²) in [5, 5.41) is 4.23. The lowest BCUT2D eigenvalue weighted by Gasteiger charge is -2.30. The molecular formula is C28H28N4OS. The molecule has 0 bridgehead atoms. The summed E-state index contributed by atoms with van der Waals surface area (Å²) < 4.78 is 8.08. The van der Waals surface area contributed by atoms with E-state index >= 15 is 0 Å². The van der Waals surface area contributed by atoms with Crippen LogP contribution in [0.2, 0.25) is 0 Å². The smallest absolute Gasteiger partial charge is 0.174 e. The molecule has 5 rings (SSSR count). The van der Waals surface area contributed by atoms with Crippen molar-refractivity contribution in [3.8, 4) is 11.4 Å². The minimum atomic E-state index is -0.109. The summed E-state index contributed by atoms with van der Waals surface area (Å²) in [6, 6.07) is 24.4. The number of benzene rings is 2. The van der Waals surface area contributed by atoms with Crippen molar-refractivity contribution in [1.29, 1.82) is 0 Å². The average molecular weight is 469 g/mol. The van der Waals surface area contributed by atoms with E-state index in [0.29, 0.717) is 5.11 Å². The lowest BCUT2D eigenvalue weighted by Crippen LogP contribution is -2.30. The van der Waals surface area contributed by atoms with E-state index in [1.54, 1.807) is 7.11 Å². The molecule has 3 heterocycles. The number of nitrogens with one attached hydrogen (secondary N) is 1. The largest absolute Gasteiger partial charge is 0.495 e. The Morgan fingerprint density at radius 2 is 1.59 bits per heavy atom. The molecule has 0 amide bonds. The number of thiocarbonyl (C=S) groups is 1. The van der Waals surface area contributed by atoms with Crippen molar-refractivity contribution >= 4 is 23.0 Å². The van der Waals surface area contributed by atoms with Crippen LogP contribution < -0.4 is 15.0 Å². The zero-order chi connectivity index (χ0) is 23.8. The molecule has 1 saturated heterocycles. The monoisotopic (exact) mass is 468 g/mol. The molecule has 0 aliphatic carbocycles. The first-order valence-corrected chi connectivity index (χ1v) is 11.8. The molecule has 6 heteroatoms. The zero-order valence-electron chi connectivity index (χ0n) is 19.8. The Bertz CT molecular complexity index is 1330. The maximum absolute atomic E-state index is 5.93. The second-order valence-electron chi connectivity index (χ2n) is 8.55. The van der Waals surface area contributed by atoms with E-state index < -0.39 is 0 Å². The number of aromatic nitrogens is 2. The number of anilines is 1. The lowest BCUT2D eigenvalue weighted by molar-refractivity contribution is 0.414. The van der Waals surface area contributed by atoms with Crippen molar-refractivity contribution in [3.05, 3.63) is 107 Å². The number of para-hydroxylation sites is 3. The maximum Gasteiger partial charge on any atom is 0.174 e. The number of methoxy groups -OCH3 is 1. The van der Waals surface area contributed by atoms with Gasteiger partial charge in [-0.25, -0.2) is 0 Å². The van der Waals surface area contributed by atoms with Crippen molar-refractivity contribution < 1.29 is 4.74 Å². The fourth-order valence-corrected chi connectivity index (χ4v) is 5.48. The van der Waals surface area contributed by atoms with Gasteiger partial charge in [0, 0.05) is 28.8 Å². The number of nitrogens with zero attached hydrogens (tertiary/aromatic N) is 3. The van der Waals surface area contributed by atoms with Gasteiger partial charge in [0.05, 0.1) is 30.6 Å². The number of rotatable bonds is 5. The van der Waals surface area contributed by atoms with Gasteiger partial charge in [-0.3, -0.25) is 4.98 Å². The Morgan fingerprint density at radius 1 is 0.882 bits per heavy atom. The number of hydrogen-bond acceptors (Lipinski definition) is 3. The van der Waals surface area contributed by atoms with E-state index in [1.807, 2.05) is 42.6 Å². The Morgan fingerprint density at radius 3 is 2.29 bits per heavy atom. The van der Waals surface area contributed by atoms with Crippen LogP contribution in [0.4, 0.5) is 5.69 Å². The van der Waals surface area contributed by atoms with Gasteiger partial charge in [0.15, 0.2) is 5.11 Å². The molecule has 1 N–H and O–H groups in total. The first-order chi connectivity index (χ1) is 16.5. The lowest BCUT2D eigenvalue weighted by atomic mass is 9.93. The molecule has 0 radical (unpaired) electrons. The van der Waals surface area contributed by atoms with E-state index in [4.69, 9.17) is 21.9 Å². The van der Waals surface area contributed by atoms with E-state index in [-0.39, 0.29) is 12.1 Å². The Balaban J connectivity index is 1.75. The van der Waals surface area contributed by atoms with Gasteiger partial charge in [-0.15, -0.1) is 0 Å². The molecule has 5 nitrogen and oxygen atoms in total. The molecule has 1 fully saturated rings. The van der Waals surface area contributed by atoms with Crippen molar-refractivity contribution in [2.45, 2.75) is 32.9 Å². The highest BCUT2D eigenvalue weighted by Gasteiger charge is 2.44. The van der Waals surface area contributed by atoms with Crippen LogP contribution in [0.5, 0.6) is 5.75 Å². The second kappa shape index (κ2) is 8.95. The van der Waals surface area contributed by atoms with Crippen LogP contribution in [-0.2, 0) is 0 Å². The predicted octanol–water partition coefficient (Wildman–Crippen LogP) is 5.98. The molecule has 34 heavy (non-hydrogen) atoms. The van der Waals surface area contributed by atoms with Gasteiger partial charge in [0.2, 0.25) is 0 Å². The zero-order valence-corrected chi connectivity index (χ0v) is 20.6. The third kappa shape index (κ3) is 3.55. The fourth-order valence-electron chi connectivity index (χ4n) is 5.14. The van der Waals surface area contributed by atoms with Gasteiger partial charge in [0.25, 0.3) is 0 Å². The Labute approximate surface area is 206 Å². The molecule has 172 valence electrons. The SMILES string of the molecule is COc1ccccc1N1C(=S)N[C@H](c2ccccn2)[C@H]1c1c(C)c(C)n(-c2ccccc2)c1C. The van der Waals surface area contributed by atoms with E-state index in [0.717, 1.165) is 22.8 Å². The van der Waals surface area contributed by atoms with E-state index in [1.165, 1.54) is 22.5 Å². The molecule has 4 aromatic rings. The van der Waals surface area contributed by atoms with E-state index in [2.05, 4.69) is 72.0 Å². The highest BCUT2D eigenvalue weighted by atomic mass is 32.1. The van der Waals surface area contributed by atoms with E-state index in [9.17, 15) is 0 Å². The molecule has 0 spiro atoms. The third-order valence-electron chi connectivity index (χ3n) is 6.76. The Hall–Kier alpha value is -3.64. The molecule has 2 atom stereocenters. The molecule has 0 unspecified atom stereocenters. The second-order valence-corrected chi connectivity index (χ2v) is 8.94. The molecule has 0 saturated carbocycles.